The Kier molecular flexibility index (Phi) is 4.72. The molecule has 1 aromatic carbocycles. The molecular weight excluding hydrogens is 323 g/mol. The van der Waals surface area contributed by atoms with Crippen molar-refractivity contribution < 1.29 is 13.3 Å². The van der Waals surface area contributed by atoms with Gasteiger partial charge in [0.15, 0.2) is 0 Å². The van der Waals surface area contributed by atoms with Crippen LogP contribution in [0.2, 0.25) is 0 Å². The van der Waals surface area contributed by atoms with E-state index in [0.717, 1.165) is 8.76 Å². The molecule has 1 aromatic rings. The summed E-state index contributed by atoms with van der Waals surface area (Å²) in [6.07, 6.45) is 0. The van der Waals surface area contributed by atoms with E-state index in [2.05, 4.69) is 35.6 Å². The Balaban J connectivity index is 3.28. The summed E-state index contributed by atoms with van der Waals surface area (Å²) in [5, 5.41) is 1.02. The third-order valence-electron chi connectivity index (χ3n) is 2.33. The molecule has 0 aliphatic rings. The van der Waals surface area contributed by atoms with Crippen molar-refractivity contribution in [1.82, 2.24) is 0 Å². The molecule has 0 aliphatic heterocycles. The van der Waals surface area contributed by atoms with E-state index in [0.29, 0.717) is 0 Å². The van der Waals surface area contributed by atoms with E-state index >= 15 is 0 Å². The van der Waals surface area contributed by atoms with Gasteiger partial charge in [-0.15, -0.1) is 0 Å². The van der Waals surface area contributed by atoms with Crippen LogP contribution in [0.25, 0.3) is 0 Å². The fourth-order valence-electron chi connectivity index (χ4n) is 1.46. The zero-order chi connectivity index (χ0) is 11.5. The summed E-state index contributed by atoms with van der Waals surface area (Å²) in [5.41, 5.74) is 1.20. The Morgan fingerprint density at radius 2 is 1.60 bits per heavy atom. The minimum atomic E-state index is -2.68. The number of hydrogen-bond acceptors (Lipinski definition) is 3. The van der Waals surface area contributed by atoms with Crippen molar-refractivity contribution in [3.8, 4) is 0 Å². The van der Waals surface area contributed by atoms with Gasteiger partial charge in [0.1, 0.15) is 0 Å². The van der Waals surface area contributed by atoms with Gasteiger partial charge in [-0.05, 0) is 35.1 Å². The largest absolute Gasteiger partial charge is 0.537 e. The minimum absolute atomic E-state index is 1.02. The molecule has 0 heterocycles. The van der Waals surface area contributed by atoms with Crippen LogP contribution in [0.5, 0.6) is 0 Å². The second kappa shape index (κ2) is 5.40. The van der Waals surface area contributed by atoms with Gasteiger partial charge >= 0.3 is 8.80 Å². The van der Waals surface area contributed by atoms with Crippen LogP contribution in [-0.2, 0) is 13.3 Å². The van der Waals surface area contributed by atoms with Crippen LogP contribution in [-0.4, -0.2) is 30.1 Å². The van der Waals surface area contributed by atoms with E-state index in [-0.39, 0.29) is 0 Å². The van der Waals surface area contributed by atoms with Gasteiger partial charge in [-0.1, -0.05) is 18.2 Å². The van der Waals surface area contributed by atoms with Crippen molar-refractivity contribution in [2.24, 2.45) is 0 Å². The monoisotopic (exact) mass is 338 g/mol. The van der Waals surface area contributed by atoms with Crippen LogP contribution in [0.15, 0.2) is 18.2 Å². The van der Waals surface area contributed by atoms with Crippen molar-refractivity contribution >= 4 is 36.6 Å². The summed E-state index contributed by atoms with van der Waals surface area (Å²) in [4.78, 5) is 0. The van der Waals surface area contributed by atoms with Crippen LogP contribution < -0.4 is 5.19 Å². The van der Waals surface area contributed by atoms with E-state index in [1.54, 1.807) is 21.3 Å². The molecule has 0 amide bonds. The maximum absolute atomic E-state index is 5.45. The first-order valence-electron chi connectivity index (χ1n) is 4.52. The molecule has 0 bridgehead atoms. The van der Waals surface area contributed by atoms with Crippen molar-refractivity contribution in [1.29, 1.82) is 0 Å². The quantitative estimate of drug-likeness (QED) is 0.618. The van der Waals surface area contributed by atoms with Gasteiger partial charge in [0.2, 0.25) is 0 Å². The molecule has 1 rings (SSSR count). The molecule has 0 atom stereocenters. The smallest absolute Gasteiger partial charge is 0.373 e. The summed E-state index contributed by atoms with van der Waals surface area (Å²) in [6, 6.07) is 6.05. The van der Waals surface area contributed by atoms with Gasteiger partial charge in [0, 0.05) is 30.1 Å². The molecule has 0 spiro atoms. The predicted molar refractivity (Wildman–Crippen MR) is 70.3 cm³/mol. The highest BCUT2D eigenvalue weighted by Crippen LogP contribution is 2.15. The van der Waals surface area contributed by atoms with Gasteiger partial charge in [-0.25, -0.2) is 0 Å². The summed E-state index contributed by atoms with van der Waals surface area (Å²) in [7, 11) is 2.19. The molecule has 0 saturated carbocycles. The molecule has 15 heavy (non-hydrogen) atoms. The molecule has 0 aromatic heterocycles. The van der Waals surface area contributed by atoms with E-state index < -0.39 is 8.80 Å². The highest BCUT2D eigenvalue weighted by molar-refractivity contribution is 14.1. The van der Waals surface area contributed by atoms with Crippen LogP contribution in [0.4, 0.5) is 0 Å². The van der Waals surface area contributed by atoms with E-state index in [4.69, 9.17) is 13.3 Å². The van der Waals surface area contributed by atoms with E-state index in [1.807, 2.05) is 12.1 Å². The average molecular weight is 338 g/mol. The fourth-order valence-corrected chi connectivity index (χ4v) is 4.74. The first-order valence-corrected chi connectivity index (χ1v) is 7.32. The molecule has 0 fully saturated rings. The zero-order valence-electron chi connectivity index (χ0n) is 9.33. The molecule has 3 nitrogen and oxygen atoms in total. The second-order valence-corrected chi connectivity index (χ2v) is 7.06. The van der Waals surface area contributed by atoms with Gasteiger partial charge in [0.25, 0.3) is 0 Å². The lowest BCUT2D eigenvalue weighted by molar-refractivity contribution is 0.140. The first kappa shape index (κ1) is 13.1. The number of halogens is 1. The topological polar surface area (TPSA) is 27.7 Å². The standard InChI is InChI=1S/C10H15IO3Si/c1-8-6-5-7-9(10(8)11)15(12-2,13-3)14-4/h5-7H,1-4H3. The highest BCUT2D eigenvalue weighted by Gasteiger charge is 2.42. The highest BCUT2D eigenvalue weighted by atomic mass is 127. The summed E-state index contributed by atoms with van der Waals surface area (Å²) < 4.78 is 17.5. The number of benzene rings is 1. The Bertz CT molecular complexity index is 331. The molecule has 0 radical (unpaired) electrons. The molecule has 84 valence electrons. The average Bonchev–Trinajstić information content (AvgIpc) is 2.27. The van der Waals surface area contributed by atoms with Crippen LogP contribution in [0, 0.1) is 10.5 Å². The third-order valence-corrected chi connectivity index (χ3v) is 6.96. The van der Waals surface area contributed by atoms with E-state index in [9.17, 15) is 0 Å². The lowest BCUT2D eigenvalue weighted by atomic mass is 10.2. The molecular formula is C10H15IO3Si. The molecule has 0 saturated heterocycles. The van der Waals surface area contributed by atoms with Crippen LogP contribution in [0.3, 0.4) is 0 Å². The van der Waals surface area contributed by atoms with Gasteiger partial charge in [-0.3, -0.25) is 0 Å². The molecule has 0 aliphatic carbocycles. The van der Waals surface area contributed by atoms with Crippen LogP contribution >= 0.6 is 22.6 Å². The Morgan fingerprint density at radius 3 is 2.07 bits per heavy atom. The Labute approximate surface area is 105 Å². The maximum Gasteiger partial charge on any atom is 0.537 e. The lowest BCUT2D eigenvalue weighted by Gasteiger charge is -2.25. The van der Waals surface area contributed by atoms with E-state index in [1.165, 1.54) is 5.56 Å². The lowest BCUT2D eigenvalue weighted by Crippen LogP contribution is -2.56. The van der Waals surface area contributed by atoms with Crippen molar-refractivity contribution in [2.45, 2.75) is 6.92 Å². The SMILES string of the molecule is CO[Si](OC)(OC)c1cccc(C)c1I. The number of hydrogen-bond donors (Lipinski definition) is 0. The van der Waals surface area contributed by atoms with Crippen molar-refractivity contribution in [3.05, 3.63) is 27.3 Å². The summed E-state index contributed by atoms with van der Waals surface area (Å²) >= 11 is 2.29. The minimum Gasteiger partial charge on any atom is -0.373 e. The second-order valence-electron chi connectivity index (χ2n) is 3.11. The predicted octanol–water partition coefficient (Wildman–Crippen LogP) is 1.68. The first-order chi connectivity index (χ1) is 7.11. The van der Waals surface area contributed by atoms with Crippen molar-refractivity contribution in [2.75, 3.05) is 21.3 Å². The van der Waals surface area contributed by atoms with Crippen molar-refractivity contribution in [3.63, 3.8) is 0 Å². The fraction of sp³-hybridized carbons (Fsp3) is 0.400. The van der Waals surface area contributed by atoms with Crippen LogP contribution in [0.1, 0.15) is 5.56 Å². The summed E-state index contributed by atoms with van der Waals surface area (Å²) in [5.74, 6) is 0. The van der Waals surface area contributed by atoms with Gasteiger partial charge in [-0.2, -0.15) is 0 Å². The Morgan fingerprint density at radius 1 is 1.07 bits per heavy atom. The maximum atomic E-state index is 5.45. The molecule has 5 heteroatoms. The molecule has 0 N–H and O–H groups in total. The zero-order valence-corrected chi connectivity index (χ0v) is 12.5. The summed E-state index contributed by atoms with van der Waals surface area (Å²) in [6.45, 7) is 2.06. The third kappa shape index (κ3) is 2.42. The number of aryl methyl sites for hydroxylation is 1. The normalized spacial score (nSPS) is 11.8. The molecule has 0 unspecified atom stereocenters. The van der Waals surface area contributed by atoms with Gasteiger partial charge < -0.3 is 13.3 Å². The van der Waals surface area contributed by atoms with Gasteiger partial charge in [0.05, 0.1) is 0 Å². The Hall–Kier alpha value is 0.0469. The number of rotatable bonds is 4.